The fourth-order valence-electron chi connectivity index (χ4n) is 2.67. The van der Waals surface area contributed by atoms with Crippen LogP contribution >= 0.6 is 0 Å². The monoisotopic (exact) mass is 293 g/mol. The number of nitrogens with zero attached hydrogens (tertiary/aromatic N) is 1. The molecule has 1 aromatic carbocycles. The zero-order valence-corrected chi connectivity index (χ0v) is 12.8. The summed E-state index contributed by atoms with van der Waals surface area (Å²) in [6.07, 6.45) is 2.43. The summed E-state index contributed by atoms with van der Waals surface area (Å²) in [6.45, 7) is 2.65. The number of benzene rings is 1. The number of carbonyl (C=O) groups is 1. The maximum Gasteiger partial charge on any atom is 0.304 e. The van der Waals surface area contributed by atoms with E-state index in [0.29, 0.717) is 12.6 Å². The molecule has 0 aliphatic heterocycles. The smallest absolute Gasteiger partial charge is 0.304 e. The van der Waals surface area contributed by atoms with Crippen LogP contribution in [-0.2, 0) is 4.79 Å². The van der Waals surface area contributed by atoms with E-state index < -0.39 is 5.97 Å². The molecule has 0 bridgehead atoms. The lowest BCUT2D eigenvalue weighted by Gasteiger charge is -2.30. The second kappa shape index (κ2) is 6.80. The second-order valence-corrected chi connectivity index (χ2v) is 5.40. The number of methoxy groups -OCH3 is 2. The topological polar surface area (TPSA) is 59.0 Å². The first-order chi connectivity index (χ1) is 10.1. The lowest BCUT2D eigenvalue weighted by molar-refractivity contribution is -0.137. The number of carboxylic acid groups (broad SMARTS) is 1. The van der Waals surface area contributed by atoms with Crippen molar-refractivity contribution in [2.45, 2.75) is 38.3 Å². The van der Waals surface area contributed by atoms with Crippen LogP contribution in [0, 0.1) is 0 Å². The highest BCUT2D eigenvalue weighted by Crippen LogP contribution is 2.38. The molecule has 21 heavy (non-hydrogen) atoms. The highest BCUT2D eigenvalue weighted by atomic mass is 16.5. The molecule has 1 unspecified atom stereocenters. The van der Waals surface area contributed by atoms with E-state index in [-0.39, 0.29) is 12.5 Å². The fourth-order valence-corrected chi connectivity index (χ4v) is 2.67. The van der Waals surface area contributed by atoms with Gasteiger partial charge in [-0.25, -0.2) is 0 Å². The molecule has 5 heteroatoms. The van der Waals surface area contributed by atoms with Crippen molar-refractivity contribution in [3.8, 4) is 11.5 Å². The molecule has 0 aromatic heterocycles. The average Bonchev–Trinajstić information content (AvgIpc) is 3.31. The molecule has 1 atom stereocenters. The van der Waals surface area contributed by atoms with Crippen molar-refractivity contribution in [3.63, 3.8) is 0 Å². The third-order valence-electron chi connectivity index (χ3n) is 3.98. The minimum atomic E-state index is -0.759. The van der Waals surface area contributed by atoms with Crippen molar-refractivity contribution in [2.24, 2.45) is 0 Å². The van der Waals surface area contributed by atoms with Crippen LogP contribution in [0.2, 0.25) is 0 Å². The highest BCUT2D eigenvalue weighted by Gasteiger charge is 2.33. The summed E-state index contributed by atoms with van der Waals surface area (Å²) in [4.78, 5) is 13.1. The second-order valence-electron chi connectivity index (χ2n) is 5.40. The van der Waals surface area contributed by atoms with E-state index in [1.807, 2.05) is 18.2 Å². The van der Waals surface area contributed by atoms with E-state index in [4.69, 9.17) is 14.6 Å². The lowest BCUT2D eigenvalue weighted by atomic mass is 10.0. The summed E-state index contributed by atoms with van der Waals surface area (Å²) in [6, 6.07) is 6.32. The van der Waals surface area contributed by atoms with Crippen LogP contribution in [0.5, 0.6) is 11.5 Å². The first-order valence-electron chi connectivity index (χ1n) is 7.26. The highest BCUT2D eigenvalue weighted by molar-refractivity contribution is 5.66. The van der Waals surface area contributed by atoms with Gasteiger partial charge in [-0.1, -0.05) is 0 Å². The Balaban J connectivity index is 2.22. The molecule has 1 saturated carbocycles. The van der Waals surface area contributed by atoms with Gasteiger partial charge >= 0.3 is 5.97 Å². The summed E-state index contributed by atoms with van der Waals surface area (Å²) in [5, 5.41) is 8.93. The minimum Gasteiger partial charge on any atom is -0.497 e. The van der Waals surface area contributed by atoms with Crippen molar-refractivity contribution in [1.82, 2.24) is 4.90 Å². The largest absolute Gasteiger partial charge is 0.497 e. The molecule has 5 nitrogen and oxygen atoms in total. The quantitative estimate of drug-likeness (QED) is 0.798. The van der Waals surface area contributed by atoms with Crippen LogP contribution in [0.25, 0.3) is 0 Å². The first-order valence-corrected chi connectivity index (χ1v) is 7.26. The molecule has 116 valence electrons. The van der Waals surface area contributed by atoms with E-state index in [0.717, 1.165) is 29.9 Å². The van der Waals surface area contributed by atoms with Gasteiger partial charge in [0, 0.05) is 24.2 Å². The van der Waals surface area contributed by atoms with Gasteiger partial charge in [-0.05, 0) is 38.0 Å². The Bertz CT molecular complexity index is 499. The Morgan fingerprint density at radius 1 is 1.38 bits per heavy atom. The van der Waals surface area contributed by atoms with Crippen molar-refractivity contribution in [2.75, 3.05) is 20.8 Å². The molecule has 1 aliphatic rings. The van der Waals surface area contributed by atoms with Crippen molar-refractivity contribution in [1.29, 1.82) is 0 Å². The van der Waals surface area contributed by atoms with Crippen molar-refractivity contribution >= 4 is 5.97 Å². The van der Waals surface area contributed by atoms with Gasteiger partial charge in [0.05, 0.1) is 20.6 Å². The van der Waals surface area contributed by atoms with Crippen LogP contribution < -0.4 is 9.47 Å². The maximum atomic E-state index is 10.9. The number of ether oxygens (including phenoxy) is 2. The fraction of sp³-hybridized carbons (Fsp3) is 0.562. The molecular weight excluding hydrogens is 270 g/mol. The molecule has 0 amide bonds. The third kappa shape index (κ3) is 3.88. The average molecular weight is 293 g/mol. The van der Waals surface area contributed by atoms with Crippen LogP contribution in [0.1, 0.15) is 37.8 Å². The van der Waals surface area contributed by atoms with Gasteiger partial charge in [0.2, 0.25) is 0 Å². The van der Waals surface area contributed by atoms with E-state index >= 15 is 0 Å². The Morgan fingerprint density at radius 2 is 2.10 bits per heavy atom. The Kier molecular flexibility index (Phi) is 5.07. The number of hydrogen-bond donors (Lipinski definition) is 1. The van der Waals surface area contributed by atoms with Gasteiger partial charge in [0.25, 0.3) is 0 Å². The van der Waals surface area contributed by atoms with Crippen molar-refractivity contribution < 1.29 is 19.4 Å². The predicted molar refractivity (Wildman–Crippen MR) is 79.9 cm³/mol. The van der Waals surface area contributed by atoms with E-state index in [1.54, 1.807) is 14.2 Å². The van der Waals surface area contributed by atoms with Gasteiger partial charge in [0.1, 0.15) is 11.5 Å². The Labute approximate surface area is 125 Å². The van der Waals surface area contributed by atoms with Gasteiger partial charge < -0.3 is 14.6 Å². The maximum absolute atomic E-state index is 10.9. The van der Waals surface area contributed by atoms with Crippen LogP contribution in [0.4, 0.5) is 0 Å². The van der Waals surface area contributed by atoms with Crippen LogP contribution in [-0.4, -0.2) is 42.8 Å². The van der Waals surface area contributed by atoms with Gasteiger partial charge in [0.15, 0.2) is 0 Å². The molecule has 1 fully saturated rings. The SMILES string of the molecule is COc1ccc(OC)c(C(C)N(CCC(=O)O)C2CC2)c1. The number of aliphatic carboxylic acids is 1. The number of carboxylic acids is 1. The molecule has 1 N–H and O–H groups in total. The number of hydrogen-bond acceptors (Lipinski definition) is 4. The van der Waals surface area contributed by atoms with E-state index in [1.165, 1.54) is 0 Å². The summed E-state index contributed by atoms with van der Waals surface area (Å²) < 4.78 is 10.7. The zero-order valence-electron chi connectivity index (χ0n) is 12.8. The summed E-state index contributed by atoms with van der Waals surface area (Å²) in [5.74, 6) is 0.835. The van der Waals surface area contributed by atoms with Crippen LogP contribution in [0.15, 0.2) is 18.2 Å². The molecule has 0 radical (unpaired) electrons. The van der Waals surface area contributed by atoms with Gasteiger partial charge in [-0.15, -0.1) is 0 Å². The molecule has 1 aliphatic carbocycles. The normalized spacial score (nSPS) is 15.8. The third-order valence-corrected chi connectivity index (χ3v) is 3.98. The molecule has 1 aromatic rings. The van der Waals surface area contributed by atoms with Crippen molar-refractivity contribution in [3.05, 3.63) is 23.8 Å². The van der Waals surface area contributed by atoms with E-state index in [9.17, 15) is 4.79 Å². The lowest BCUT2D eigenvalue weighted by Crippen LogP contribution is -2.31. The molecule has 0 heterocycles. The van der Waals surface area contributed by atoms with Gasteiger partial charge in [-0.2, -0.15) is 0 Å². The Hall–Kier alpha value is -1.75. The zero-order chi connectivity index (χ0) is 15.4. The van der Waals surface area contributed by atoms with Crippen LogP contribution in [0.3, 0.4) is 0 Å². The molecule has 2 rings (SSSR count). The molecule has 0 spiro atoms. The summed E-state index contributed by atoms with van der Waals surface area (Å²) >= 11 is 0. The van der Waals surface area contributed by atoms with Gasteiger partial charge in [-0.3, -0.25) is 9.69 Å². The molecule has 0 saturated heterocycles. The predicted octanol–water partition coefficient (Wildman–Crippen LogP) is 2.70. The number of rotatable bonds is 8. The molecular formula is C16H23NO4. The van der Waals surface area contributed by atoms with E-state index in [2.05, 4.69) is 11.8 Å². The first kappa shape index (κ1) is 15.6. The summed E-state index contributed by atoms with van der Waals surface area (Å²) in [5.41, 5.74) is 1.04. The standard InChI is InChI=1S/C16H23NO4/c1-11(17(12-4-5-12)9-8-16(18)19)14-10-13(20-2)6-7-15(14)21-3/h6-7,10-12H,4-5,8-9H2,1-3H3,(H,18,19). The Morgan fingerprint density at radius 3 is 2.62 bits per heavy atom. The summed E-state index contributed by atoms with van der Waals surface area (Å²) in [7, 11) is 3.29. The minimum absolute atomic E-state index is 0.0990.